The van der Waals surface area contributed by atoms with Crippen molar-refractivity contribution in [3.8, 4) is 5.75 Å². The van der Waals surface area contributed by atoms with Crippen molar-refractivity contribution in [1.82, 2.24) is 19.8 Å². The van der Waals surface area contributed by atoms with E-state index in [0.29, 0.717) is 19.0 Å². The molecule has 0 radical (unpaired) electrons. The summed E-state index contributed by atoms with van der Waals surface area (Å²) < 4.78 is 5.19. The molecule has 3 heterocycles. The number of methoxy groups -OCH3 is 1. The van der Waals surface area contributed by atoms with Crippen molar-refractivity contribution in [3.63, 3.8) is 0 Å². The van der Waals surface area contributed by atoms with Gasteiger partial charge in [0.05, 0.1) is 18.8 Å². The summed E-state index contributed by atoms with van der Waals surface area (Å²) in [6.45, 7) is 2.48. The standard InChI is InChI=1S/C23H30N4O2/c1-26-13-4-3-5-21(26)23-24-15-18-16-27(14-12-20(18)25-23)22(28)11-8-17-6-9-19(29-2)10-7-17/h6-7,9-10,15,21H,3-5,8,11-14,16H2,1-2H3/t21-/m0/s1. The van der Waals surface area contributed by atoms with Gasteiger partial charge in [0.25, 0.3) is 0 Å². The largest absolute Gasteiger partial charge is 0.497 e. The highest BCUT2D eigenvalue weighted by Crippen LogP contribution is 2.28. The van der Waals surface area contributed by atoms with Gasteiger partial charge in [-0.1, -0.05) is 18.6 Å². The number of benzene rings is 1. The topological polar surface area (TPSA) is 58.6 Å². The van der Waals surface area contributed by atoms with Crippen LogP contribution in [0.1, 0.15) is 54.4 Å². The monoisotopic (exact) mass is 394 g/mol. The van der Waals surface area contributed by atoms with Gasteiger partial charge < -0.3 is 9.64 Å². The maximum absolute atomic E-state index is 12.7. The Balaban J connectivity index is 1.36. The smallest absolute Gasteiger partial charge is 0.223 e. The zero-order chi connectivity index (χ0) is 20.2. The van der Waals surface area contributed by atoms with Crippen LogP contribution in [0.2, 0.25) is 0 Å². The van der Waals surface area contributed by atoms with Gasteiger partial charge in [-0.2, -0.15) is 0 Å². The van der Waals surface area contributed by atoms with Crippen molar-refractivity contribution in [2.45, 2.75) is 51.1 Å². The average Bonchev–Trinajstić information content (AvgIpc) is 2.77. The Bertz CT molecular complexity index is 852. The van der Waals surface area contributed by atoms with Gasteiger partial charge in [-0.3, -0.25) is 9.69 Å². The second-order valence-corrected chi connectivity index (χ2v) is 8.11. The Morgan fingerprint density at radius 3 is 2.79 bits per heavy atom. The van der Waals surface area contributed by atoms with E-state index >= 15 is 0 Å². The number of nitrogens with zero attached hydrogens (tertiary/aromatic N) is 4. The molecule has 6 heteroatoms. The molecule has 2 aliphatic heterocycles. The van der Waals surface area contributed by atoms with E-state index in [4.69, 9.17) is 9.72 Å². The summed E-state index contributed by atoms with van der Waals surface area (Å²) in [5.41, 5.74) is 3.37. The van der Waals surface area contributed by atoms with Crippen molar-refractivity contribution < 1.29 is 9.53 Å². The molecule has 1 amide bonds. The van der Waals surface area contributed by atoms with E-state index in [9.17, 15) is 4.79 Å². The number of amides is 1. The fourth-order valence-electron chi connectivity index (χ4n) is 4.31. The van der Waals surface area contributed by atoms with Gasteiger partial charge in [0, 0.05) is 37.7 Å². The minimum atomic E-state index is 0.197. The number of hydrogen-bond donors (Lipinski definition) is 0. The normalized spacial score (nSPS) is 19.7. The van der Waals surface area contributed by atoms with Gasteiger partial charge >= 0.3 is 0 Å². The maximum Gasteiger partial charge on any atom is 0.223 e. The summed E-state index contributed by atoms with van der Waals surface area (Å²) in [6, 6.07) is 8.26. The third-order valence-corrected chi connectivity index (χ3v) is 6.16. The first-order chi connectivity index (χ1) is 14.1. The number of likely N-dealkylation sites (tertiary alicyclic amines) is 1. The Morgan fingerprint density at radius 1 is 1.21 bits per heavy atom. The lowest BCUT2D eigenvalue weighted by molar-refractivity contribution is -0.132. The van der Waals surface area contributed by atoms with Gasteiger partial charge in [-0.05, 0) is 50.6 Å². The van der Waals surface area contributed by atoms with Crippen LogP contribution in [-0.4, -0.2) is 52.9 Å². The van der Waals surface area contributed by atoms with Crippen LogP contribution in [0.3, 0.4) is 0 Å². The van der Waals surface area contributed by atoms with E-state index in [1.165, 1.54) is 12.8 Å². The third-order valence-electron chi connectivity index (χ3n) is 6.16. The van der Waals surface area contributed by atoms with Crippen LogP contribution in [0.15, 0.2) is 30.5 Å². The molecule has 0 aliphatic carbocycles. The Labute approximate surface area is 172 Å². The first-order valence-corrected chi connectivity index (χ1v) is 10.6. The zero-order valence-electron chi connectivity index (χ0n) is 17.4. The molecule has 154 valence electrons. The summed E-state index contributed by atoms with van der Waals surface area (Å²) in [5, 5.41) is 0. The molecule has 0 unspecified atom stereocenters. The first kappa shape index (κ1) is 19.8. The highest BCUT2D eigenvalue weighted by atomic mass is 16.5. The van der Waals surface area contributed by atoms with Gasteiger partial charge in [0.1, 0.15) is 11.6 Å². The van der Waals surface area contributed by atoms with Crippen LogP contribution >= 0.6 is 0 Å². The molecule has 1 aromatic carbocycles. The van der Waals surface area contributed by atoms with Crippen LogP contribution < -0.4 is 4.74 Å². The minimum Gasteiger partial charge on any atom is -0.497 e. The Morgan fingerprint density at radius 2 is 2.03 bits per heavy atom. The zero-order valence-corrected chi connectivity index (χ0v) is 17.4. The number of ether oxygens (including phenoxy) is 1. The van der Waals surface area contributed by atoms with Gasteiger partial charge in [0.15, 0.2) is 0 Å². The first-order valence-electron chi connectivity index (χ1n) is 10.6. The molecule has 2 aromatic rings. The van der Waals surface area contributed by atoms with Gasteiger partial charge in [-0.25, -0.2) is 9.97 Å². The summed E-state index contributed by atoms with van der Waals surface area (Å²) in [4.78, 5) is 26.6. The van der Waals surface area contributed by atoms with Crippen molar-refractivity contribution in [3.05, 3.63) is 53.1 Å². The molecule has 2 aliphatic rings. The van der Waals surface area contributed by atoms with Crippen LogP contribution in [0, 0.1) is 0 Å². The minimum absolute atomic E-state index is 0.197. The van der Waals surface area contributed by atoms with Crippen LogP contribution in [0.25, 0.3) is 0 Å². The molecular formula is C23H30N4O2. The van der Waals surface area contributed by atoms with Crippen LogP contribution in [0.4, 0.5) is 0 Å². The lowest BCUT2D eigenvalue weighted by atomic mass is 10.0. The fraction of sp³-hybridized carbons (Fsp3) is 0.522. The van der Waals surface area contributed by atoms with E-state index in [1.54, 1.807) is 7.11 Å². The lowest BCUT2D eigenvalue weighted by Gasteiger charge is -2.33. The summed E-state index contributed by atoms with van der Waals surface area (Å²) in [7, 11) is 3.82. The number of rotatable bonds is 5. The van der Waals surface area contributed by atoms with Crippen molar-refractivity contribution in [1.29, 1.82) is 0 Å². The highest BCUT2D eigenvalue weighted by molar-refractivity contribution is 5.76. The van der Waals surface area contributed by atoms with Gasteiger partial charge in [0.2, 0.25) is 5.91 Å². The average molecular weight is 395 g/mol. The second-order valence-electron chi connectivity index (χ2n) is 8.11. The van der Waals surface area contributed by atoms with E-state index in [-0.39, 0.29) is 5.91 Å². The van der Waals surface area contributed by atoms with E-state index < -0.39 is 0 Å². The number of aromatic nitrogens is 2. The lowest BCUT2D eigenvalue weighted by Crippen LogP contribution is -2.37. The molecule has 29 heavy (non-hydrogen) atoms. The molecule has 0 saturated carbocycles. The SMILES string of the molecule is COc1ccc(CCC(=O)N2CCc3nc([C@@H]4CCCCN4C)ncc3C2)cc1. The van der Waals surface area contributed by atoms with Crippen molar-refractivity contribution >= 4 is 5.91 Å². The predicted molar refractivity (Wildman–Crippen MR) is 112 cm³/mol. The number of hydrogen-bond acceptors (Lipinski definition) is 5. The van der Waals surface area contributed by atoms with Gasteiger partial charge in [-0.15, -0.1) is 0 Å². The molecule has 1 aromatic heterocycles. The number of piperidine rings is 1. The summed E-state index contributed by atoms with van der Waals surface area (Å²) in [5.74, 6) is 1.99. The number of carbonyl (C=O) groups excluding carboxylic acids is 1. The molecule has 4 rings (SSSR count). The fourth-order valence-corrected chi connectivity index (χ4v) is 4.31. The maximum atomic E-state index is 12.7. The quantitative estimate of drug-likeness (QED) is 0.780. The van der Waals surface area contributed by atoms with E-state index in [2.05, 4.69) is 16.9 Å². The molecule has 1 fully saturated rings. The molecule has 6 nitrogen and oxygen atoms in total. The third kappa shape index (κ3) is 4.58. The highest BCUT2D eigenvalue weighted by Gasteiger charge is 2.26. The van der Waals surface area contributed by atoms with Crippen LogP contribution in [-0.2, 0) is 24.2 Å². The molecule has 1 atom stereocenters. The molecule has 0 N–H and O–H groups in total. The number of aryl methyl sites for hydroxylation is 1. The Kier molecular flexibility index (Phi) is 6.09. The van der Waals surface area contributed by atoms with Crippen LogP contribution in [0.5, 0.6) is 5.75 Å². The number of carbonyl (C=O) groups is 1. The summed E-state index contributed by atoms with van der Waals surface area (Å²) in [6.07, 6.45) is 7.66. The second kappa shape index (κ2) is 8.91. The van der Waals surface area contributed by atoms with Crippen molar-refractivity contribution in [2.24, 2.45) is 0 Å². The predicted octanol–water partition coefficient (Wildman–Crippen LogP) is 3.16. The summed E-state index contributed by atoms with van der Waals surface area (Å²) >= 11 is 0. The molecule has 1 saturated heterocycles. The van der Waals surface area contributed by atoms with E-state index in [1.807, 2.05) is 35.4 Å². The Hall–Kier alpha value is -2.47. The number of fused-ring (bicyclic) bond motifs is 1. The molecule has 0 spiro atoms. The van der Waals surface area contributed by atoms with E-state index in [0.717, 1.165) is 60.7 Å². The van der Waals surface area contributed by atoms with Crippen molar-refractivity contribution in [2.75, 3.05) is 27.2 Å². The molecular weight excluding hydrogens is 364 g/mol. The molecule has 0 bridgehead atoms.